The number of nitrogens with zero attached hydrogens (tertiary/aromatic N) is 2. The maximum atomic E-state index is 12.2. The first-order valence-corrected chi connectivity index (χ1v) is 10.4. The summed E-state index contributed by atoms with van der Waals surface area (Å²) in [4.78, 5) is 24.3. The third kappa shape index (κ3) is 4.50. The number of nitrogens with one attached hydrogen (secondary N) is 1. The van der Waals surface area contributed by atoms with Gasteiger partial charge in [0, 0.05) is 17.7 Å². The number of benzene rings is 1. The minimum Gasteiger partial charge on any atom is -0.493 e. The fourth-order valence-electron chi connectivity index (χ4n) is 3.03. The van der Waals surface area contributed by atoms with Crippen LogP contribution in [0.3, 0.4) is 0 Å². The fourth-order valence-corrected chi connectivity index (χ4v) is 4.70. The van der Waals surface area contributed by atoms with Crippen molar-refractivity contribution >= 4 is 15.7 Å². The van der Waals surface area contributed by atoms with Gasteiger partial charge in [-0.25, -0.2) is 13.1 Å². The zero-order valence-electron chi connectivity index (χ0n) is 15.5. The largest absolute Gasteiger partial charge is 0.493 e. The van der Waals surface area contributed by atoms with E-state index in [2.05, 4.69) is 10.4 Å². The molecule has 150 valence electrons. The number of sulfone groups is 1. The molecule has 10 heteroatoms. The van der Waals surface area contributed by atoms with Crippen LogP contribution >= 0.6 is 0 Å². The molecule has 0 aliphatic carbocycles. The number of carbonyl (C=O) groups is 1. The van der Waals surface area contributed by atoms with Crippen LogP contribution in [0.5, 0.6) is 11.5 Å². The Morgan fingerprint density at radius 1 is 1.21 bits per heavy atom. The van der Waals surface area contributed by atoms with E-state index in [1.54, 1.807) is 24.3 Å². The van der Waals surface area contributed by atoms with Crippen LogP contribution in [0, 0.1) is 0 Å². The lowest BCUT2D eigenvalue weighted by Crippen LogP contribution is -2.40. The lowest BCUT2D eigenvalue weighted by Gasteiger charge is -2.12. The highest BCUT2D eigenvalue weighted by Gasteiger charge is 2.29. The molecule has 3 rings (SSSR count). The van der Waals surface area contributed by atoms with E-state index in [0.29, 0.717) is 29.2 Å². The van der Waals surface area contributed by atoms with Gasteiger partial charge in [-0.1, -0.05) is 0 Å². The van der Waals surface area contributed by atoms with E-state index >= 15 is 0 Å². The van der Waals surface area contributed by atoms with Crippen molar-refractivity contribution in [3.05, 3.63) is 40.7 Å². The number of amides is 1. The van der Waals surface area contributed by atoms with Gasteiger partial charge in [0.05, 0.1) is 31.4 Å². The molecule has 1 atom stereocenters. The molecule has 0 unspecified atom stereocenters. The molecule has 9 nitrogen and oxygen atoms in total. The van der Waals surface area contributed by atoms with Crippen molar-refractivity contribution in [2.45, 2.75) is 19.0 Å². The first-order chi connectivity index (χ1) is 13.3. The first kappa shape index (κ1) is 19.9. The molecule has 1 aliphatic heterocycles. The summed E-state index contributed by atoms with van der Waals surface area (Å²) in [6, 6.07) is 7.66. The topological polar surface area (TPSA) is 117 Å². The van der Waals surface area contributed by atoms with Crippen LogP contribution in [0.4, 0.5) is 0 Å². The second kappa shape index (κ2) is 8.01. The Balaban J connectivity index is 1.78. The van der Waals surface area contributed by atoms with E-state index in [-0.39, 0.29) is 18.1 Å². The number of hydrogen-bond donors (Lipinski definition) is 1. The highest BCUT2D eigenvalue weighted by atomic mass is 32.2. The van der Waals surface area contributed by atoms with Crippen molar-refractivity contribution in [3.8, 4) is 22.8 Å². The summed E-state index contributed by atoms with van der Waals surface area (Å²) in [5.74, 6) is 0.601. The number of aromatic nitrogens is 2. The number of carbonyl (C=O) groups excluding carboxylic acids is 1. The Morgan fingerprint density at radius 2 is 1.96 bits per heavy atom. The average molecular weight is 407 g/mol. The summed E-state index contributed by atoms with van der Waals surface area (Å²) in [5, 5.41) is 6.89. The Kier molecular flexibility index (Phi) is 5.68. The van der Waals surface area contributed by atoms with Crippen LogP contribution in [0.25, 0.3) is 11.3 Å². The lowest BCUT2D eigenvalue weighted by atomic mass is 10.1. The van der Waals surface area contributed by atoms with Gasteiger partial charge in [0.25, 0.3) is 5.56 Å². The standard InChI is InChI=1S/C18H21N3O6S/c1-26-15-5-3-12(9-16(15)27-2)14-4-6-18(23)21(20-14)10-17(22)19-13-7-8-28(24,25)11-13/h3-6,9,13H,7-8,10-11H2,1-2H3,(H,19,22)/t13-/m1/s1. The van der Waals surface area contributed by atoms with Crippen molar-refractivity contribution in [1.82, 2.24) is 15.1 Å². The van der Waals surface area contributed by atoms with Crippen LogP contribution in [-0.2, 0) is 21.2 Å². The van der Waals surface area contributed by atoms with Gasteiger partial charge < -0.3 is 14.8 Å². The monoisotopic (exact) mass is 407 g/mol. The van der Waals surface area contributed by atoms with Gasteiger partial charge in [0.2, 0.25) is 5.91 Å². The van der Waals surface area contributed by atoms with Gasteiger partial charge in [-0.05, 0) is 30.7 Å². The molecule has 1 N–H and O–H groups in total. The van der Waals surface area contributed by atoms with Crippen molar-refractivity contribution in [1.29, 1.82) is 0 Å². The van der Waals surface area contributed by atoms with E-state index < -0.39 is 27.3 Å². The van der Waals surface area contributed by atoms with Crippen molar-refractivity contribution in [2.75, 3.05) is 25.7 Å². The molecule has 2 aromatic rings. The summed E-state index contributed by atoms with van der Waals surface area (Å²) >= 11 is 0. The van der Waals surface area contributed by atoms with Crippen LogP contribution in [0.2, 0.25) is 0 Å². The Morgan fingerprint density at radius 3 is 2.61 bits per heavy atom. The zero-order chi connectivity index (χ0) is 20.3. The molecule has 1 fully saturated rings. The van der Waals surface area contributed by atoms with Gasteiger partial charge in [0.15, 0.2) is 21.3 Å². The Labute approximate surface area is 162 Å². The lowest BCUT2D eigenvalue weighted by molar-refractivity contribution is -0.122. The van der Waals surface area contributed by atoms with Gasteiger partial charge >= 0.3 is 0 Å². The molecule has 1 amide bonds. The van der Waals surface area contributed by atoms with Crippen LogP contribution in [0.15, 0.2) is 35.1 Å². The van der Waals surface area contributed by atoms with Crippen molar-refractivity contribution < 1.29 is 22.7 Å². The minimum atomic E-state index is -3.10. The second-order valence-electron chi connectivity index (χ2n) is 6.45. The fraction of sp³-hybridized carbons (Fsp3) is 0.389. The van der Waals surface area contributed by atoms with Crippen LogP contribution in [-0.4, -0.2) is 55.9 Å². The van der Waals surface area contributed by atoms with Crippen molar-refractivity contribution in [3.63, 3.8) is 0 Å². The summed E-state index contributed by atoms with van der Waals surface area (Å²) in [6.07, 6.45) is 0.377. The minimum absolute atomic E-state index is 0.0604. The molecule has 1 aromatic heterocycles. The van der Waals surface area contributed by atoms with E-state index in [1.807, 2.05) is 0 Å². The molecule has 1 saturated heterocycles. The summed E-state index contributed by atoms with van der Waals surface area (Å²) < 4.78 is 34.5. The van der Waals surface area contributed by atoms with Crippen LogP contribution < -0.4 is 20.3 Å². The number of hydrogen-bond acceptors (Lipinski definition) is 7. The van der Waals surface area contributed by atoms with Gasteiger partial charge in [0.1, 0.15) is 6.54 Å². The van der Waals surface area contributed by atoms with E-state index in [0.717, 1.165) is 4.68 Å². The second-order valence-corrected chi connectivity index (χ2v) is 8.68. The molecule has 0 spiro atoms. The highest BCUT2D eigenvalue weighted by molar-refractivity contribution is 7.91. The molecule has 1 aromatic carbocycles. The summed E-state index contributed by atoms with van der Waals surface area (Å²) in [7, 11) is -0.0490. The van der Waals surface area contributed by atoms with Crippen molar-refractivity contribution in [2.24, 2.45) is 0 Å². The summed E-state index contributed by atoms with van der Waals surface area (Å²) in [6.45, 7) is -0.295. The average Bonchev–Trinajstić information content (AvgIpc) is 3.01. The Bertz CT molecular complexity index is 1050. The molecule has 0 radical (unpaired) electrons. The smallest absolute Gasteiger partial charge is 0.267 e. The van der Waals surface area contributed by atoms with Gasteiger partial charge in [-0.3, -0.25) is 9.59 Å². The normalized spacial score (nSPS) is 17.9. The Hall–Kier alpha value is -2.88. The third-order valence-electron chi connectivity index (χ3n) is 4.44. The van der Waals surface area contributed by atoms with E-state index in [4.69, 9.17) is 9.47 Å². The predicted octanol–water partition coefficient (Wildman–Crippen LogP) is 0.231. The molecule has 1 aliphatic rings. The highest BCUT2D eigenvalue weighted by Crippen LogP contribution is 2.31. The van der Waals surface area contributed by atoms with Crippen LogP contribution in [0.1, 0.15) is 6.42 Å². The predicted molar refractivity (Wildman–Crippen MR) is 102 cm³/mol. The van der Waals surface area contributed by atoms with Gasteiger partial charge in [-0.15, -0.1) is 0 Å². The molecule has 28 heavy (non-hydrogen) atoms. The van der Waals surface area contributed by atoms with Gasteiger partial charge in [-0.2, -0.15) is 5.10 Å². The molecule has 2 heterocycles. The molecular weight excluding hydrogens is 386 g/mol. The molecule has 0 bridgehead atoms. The molecule has 0 saturated carbocycles. The van der Waals surface area contributed by atoms with E-state index in [9.17, 15) is 18.0 Å². The number of rotatable bonds is 6. The molecular formula is C18H21N3O6S. The quantitative estimate of drug-likeness (QED) is 0.729. The maximum absolute atomic E-state index is 12.2. The third-order valence-corrected chi connectivity index (χ3v) is 6.20. The van der Waals surface area contributed by atoms with E-state index in [1.165, 1.54) is 20.3 Å². The first-order valence-electron chi connectivity index (χ1n) is 8.61. The number of ether oxygens (including phenoxy) is 2. The summed E-state index contributed by atoms with van der Waals surface area (Å²) in [5.41, 5.74) is 0.740. The SMILES string of the molecule is COc1ccc(-c2ccc(=O)n(CC(=O)N[C@@H]3CCS(=O)(=O)C3)n2)cc1OC. The maximum Gasteiger partial charge on any atom is 0.267 e. The zero-order valence-corrected chi connectivity index (χ0v) is 16.4. The number of methoxy groups -OCH3 is 2.